The topological polar surface area (TPSA) is 93.9 Å². The van der Waals surface area contributed by atoms with Gasteiger partial charge in [0.2, 0.25) is 0 Å². The zero-order valence-corrected chi connectivity index (χ0v) is 14.3. The molecule has 0 spiro atoms. The van der Waals surface area contributed by atoms with E-state index in [4.69, 9.17) is 9.47 Å². The summed E-state index contributed by atoms with van der Waals surface area (Å²) in [5.74, 6) is -0.871. The Bertz CT molecular complexity index is 652. The molecule has 25 heavy (non-hydrogen) atoms. The molecule has 0 bridgehead atoms. The first-order valence-corrected chi connectivity index (χ1v) is 8.58. The summed E-state index contributed by atoms with van der Waals surface area (Å²) < 4.78 is 11.1. The van der Waals surface area contributed by atoms with Crippen LogP contribution >= 0.6 is 0 Å². The van der Waals surface area contributed by atoms with Crippen LogP contribution in [0.4, 0.5) is 11.4 Å². The monoisotopic (exact) mass is 349 g/mol. The Kier molecular flexibility index (Phi) is 5.19. The van der Waals surface area contributed by atoms with Crippen LogP contribution in [0.1, 0.15) is 36.5 Å². The minimum Gasteiger partial charge on any atom is -0.385 e. The first-order chi connectivity index (χ1) is 12.0. The molecule has 0 unspecified atom stereocenters. The van der Waals surface area contributed by atoms with E-state index in [-0.39, 0.29) is 17.2 Å². The van der Waals surface area contributed by atoms with Gasteiger partial charge in [0.1, 0.15) is 5.56 Å². The van der Waals surface area contributed by atoms with Gasteiger partial charge >= 0.3 is 0 Å². The lowest BCUT2D eigenvalue weighted by Crippen LogP contribution is -2.29. The van der Waals surface area contributed by atoms with Gasteiger partial charge in [-0.1, -0.05) is 0 Å². The molecule has 136 valence electrons. The molecule has 2 heterocycles. The lowest BCUT2D eigenvalue weighted by Gasteiger charge is -2.22. The van der Waals surface area contributed by atoms with Gasteiger partial charge in [-0.05, 0) is 31.9 Å². The quantitative estimate of drug-likeness (QED) is 0.626. The highest BCUT2D eigenvalue weighted by molar-refractivity contribution is 5.99. The first-order valence-electron chi connectivity index (χ1n) is 8.58. The van der Waals surface area contributed by atoms with Crippen LogP contribution in [0.15, 0.2) is 18.2 Å². The lowest BCUT2D eigenvalue weighted by molar-refractivity contribution is -0.385. The summed E-state index contributed by atoms with van der Waals surface area (Å²) in [6, 6.07) is 4.57. The number of hydrogen-bond donors (Lipinski definition) is 1. The molecule has 0 aromatic heterocycles. The molecule has 8 nitrogen and oxygen atoms in total. The Balaban J connectivity index is 1.71. The number of nitrogens with zero attached hydrogens (tertiary/aromatic N) is 2. The largest absolute Gasteiger partial charge is 0.385 e. The summed E-state index contributed by atoms with van der Waals surface area (Å²) >= 11 is 0. The summed E-state index contributed by atoms with van der Waals surface area (Å²) in [5.41, 5.74) is 0.656. The van der Waals surface area contributed by atoms with E-state index >= 15 is 0 Å². The van der Waals surface area contributed by atoms with Gasteiger partial charge in [0.15, 0.2) is 5.79 Å². The summed E-state index contributed by atoms with van der Waals surface area (Å²) in [5, 5.41) is 14.5. The second-order valence-electron chi connectivity index (χ2n) is 6.50. The molecule has 2 aliphatic heterocycles. The molecule has 3 rings (SSSR count). The molecule has 0 aliphatic carbocycles. The van der Waals surface area contributed by atoms with Crippen molar-refractivity contribution in [1.82, 2.24) is 4.90 Å². The predicted molar refractivity (Wildman–Crippen MR) is 91.6 cm³/mol. The number of nitrogens with one attached hydrogen (secondary N) is 1. The number of anilines is 1. The standard InChI is InChI=1S/C17H23N3O5/c1-17(24-10-11-25-17)6-7-18-13-4-5-15(20(22)23)14(12-13)16(21)19-8-2-3-9-19/h4-5,12,18H,2-3,6-11H2,1H3. The van der Waals surface area contributed by atoms with Crippen LogP contribution in [0.5, 0.6) is 0 Å². The van der Waals surface area contributed by atoms with Crippen molar-refractivity contribution < 1.29 is 19.2 Å². The predicted octanol–water partition coefficient (Wildman–Crippen LogP) is 2.40. The maximum Gasteiger partial charge on any atom is 0.282 e. The van der Waals surface area contributed by atoms with Crippen LogP contribution in [0.25, 0.3) is 0 Å². The summed E-state index contributed by atoms with van der Waals surface area (Å²) in [6.07, 6.45) is 2.52. The van der Waals surface area contributed by atoms with Crippen molar-refractivity contribution in [2.24, 2.45) is 0 Å². The third-order valence-corrected chi connectivity index (χ3v) is 4.62. The third-order valence-electron chi connectivity index (χ3n) is 4.62. The first kappa shape index (κ1) is 17.6. The molecule has 0 saturated carbocycles. The highest BCUT2D eigenvalue weighted by atomic mass is 16.7. The van der Waals surface area contributed by atoms with Crippen molar-refractivity contribution in [2.45, 2.75) is 32.0 Å². The maximum absolute atomic E-state index is 12.6. The van der Waals surface area contributed by atoms with Gasteiger partial charge in [0, 0.05) is 37.8 Å². The number of carbonyl (C=O) groups is 1. The number of nitro benzene ring substituents is 1. The van der Waals surface area contributed by atoms with Crippen LogP contribution in [0.3, 0.4) is 0 Å². The minimum atomic E-state index is -0.595. The van der Waals surface area contributed by atoms with Crippen molar-refractivity contribution in [3.8, 4) is 0 Å². The molecule has 2 fully saturated rings. The van der Waals surface area contributed by atoms with Crippen LogP contribution < -0.4 is 5.32 Å². The second kappa shape index (κ2) is 7.37. The fourth-order valence-corrected chi connectivity index (χ4v) is 3.20. The number of ether oxygens (including phenoxy) is 2. The normalized spacial score (nSPS) is 19.2. The van der Waals surface area contributed by atoms with Crippen LogP contribution in [0.2, 0.25) is 0 Å². The zero-order chi connectivity index (χ0) is 17.9. The molecule has 1 N–H and O–H groups in total. The Morgan fingerprint density at radius 1 is 1.32 bits per heavy atom. The fourth-order valence-electron chi connectivity index (χ4n) is 3.20. The smallest absolute Gasteiger partial charge is 0.282 e. The van der Waals surface area contributed by atoms with E-state index in [1.54, 1.807) is 17.0 Å². The molecule has 8 heteroatoms. The van der Waals surface area contributed by atoms with Crippen molar-refractivity contribution >= 4 is 17.3 Å². The molecular formula is C17H23N3O5. The van der Waals surface area contributed by atoms with E-state index in [0.717, 1.165) is 12.8 Å². The third kappa shape index (κ3) is 4.08. The summed E-state index contributed by atoms with van der Waals surface area (Å²) in [6.45, 7) is 4.94. The van der Waals surface area contributed by atoms with Crippen molar-refractivity contribution in [3.05, 3.63) is 33.9 Å². The number of hydrogen-bond acceptors (Lipinski definition) is 6. The molecule has 0 radical (unpaired) electrons. The van der Waals surface area contributed by atoms with E-state index in [0.29, 0.717) is 45.0 Å². The van der Waals surface area contributed by atoms with Crippen molar-refractivity contribution in [1.29, 1.82) is 0 Å². The van der Waals surface area contributed by atoms with Gasteiger partial charge in [-0.3, -0.25) is 14.9 Å². The summed E-state index contributed by atoms with van der Waals surface area (Å²) in [7, 11) is 0. The Morgan fingerprint density at radius 3 is 2.64 bits per heavy atom. The van der Waals surface area contributed by atoms with Crippen LogP contribution in [0, 0.1) is 10.1 Å². The highest BCUT2D eigenvalue weighted by Gasteiger charge is 2.30. The van der Waals surface area contributed by atoms with Gasteiger partial charge in [0.25, 0.3) is 11.6 Å². The molecule has 0 atom stereocenters. The molecule has 1 aromatic carbocycles. The van der Waals surface area contributed by atoms with E-state index in [1.165, 1.54) is 6.07 Å². The summed E-state index contributed by atoms with van der Waals surface area (Å²) in [4.78, 5) is 25.0. The fraction of sp³-hybridized carbons (Fsp3) is 0.588. The van der Waals surface area contributed by atoms with E-state index in [2.05, 4.69) is 5.32 Å². The Labute approximate surface area is 146 Å². The van der Waals surface area contributed by atoms with Gasteiger partial charge in [-0.25, -0.2) is 0 Å². The Hall–Kier alpha value is -2.19. The van der Waals surface area contributed by atoms with E-state index in [9.17, 15) is 14.9 Å². The minimum absolute atomic E-state index is 0.136. The van der Waals surface area contributed by atoms with Gasteiger partial charge in [0.05, 0.1) is 18.1 Å². The van der Waals surface area contributed by atoms with Crippen molar-refractivity contribution in [3.63, 3.8) is 0 Å². The number of rotatable bonds is 6. The number of amides is 1. The van der Waals surface area contributed by atoms with E-state index in [1.807, 2.05) is 6.92 Å². The SMILES string of the molecule is CC1(CCNc2ccc([N+](=O)[O-])c(C(=O)N3CCCC3)c2)OCCO1. The van der Waals surface area contributed by atoms with Gasteiger partial charge < -0.3 is 19.7 Å². The average Bonchev–Trinajstić information content (AvgIpc) is 3.26. The molecule has 1 aromatic rings. The number of carbonyl (C=O) groups excluding carboxylic acids is 1. The van der Waals surface area contributed by atoms with Gasteiger partial charge in [-0.2, -0.15) is 0 Å². The second-order valence-corrected chi connectivity index (χ2v) is 6.50. The maximum atomic E-state index is 12.6. The molecule has 2 saturated heterocycles. The number of likely N-dealkylation sites (tertiary alicyclic amines) is 1. The number of benzene rings is 1. The lowest BCUT2D eigenvalue weighted by atomic mass is 10.1. The van der Waals surface area contributed by atoms with Gasteiger partial charge in [-0.15, -0.1) is 0 Å². The Morgan fingerprint density at radius 2 is 2.00 bits per heavy atom. The number of nitro groups is 1. The molecule has 1 amide bonds. The average molecular weight is 349 g/mol. The highest BCUT2D eigenvalue weighted by Crippen LogP contribution is 2.27. The molecular weight excluding hydrogens is 326 g/mol. The van der Waals surface area contributed by atoms with Crippen LogP contribution in [-0.4, -0.2) is 54.4 Å². The van der Waals surface area contributed by atoms with Crippen molar-refractivity contribution in [2.75, 3.05) is 38.2 Å². The zero-order valence-electron chi connectivity index (χ0n) is 14.3. The van der Waals surface area contributed by atoms with Crippen LogP contribution in [-0.2, 0) is 9.47 Å². The molecule has 2 aliphatic rings. The van der Waals surface area contributed by atoms with E-state index < -0.39 is 10.7 Å².